The van der Waals surface area contributed by atoms with E-state index in [9.17, 15) is 18.0 Å². The van der Waals surface area contributed by atoms with Crippen LogP contribution in [-0.2, 0) is 4.74 Å². The molecule has 0 amide bonds. The van der Waals surface area contributed by atoms with Gasteiger partial charge >= 0.3 is 6.18 Å². The Balaban J connectivity index is 2.37. The molecule has 1 aromatic heterocycles. The van der Waals surface area contributed by atoms with Crippen LogP contribution in [0.1, 0.15) is 40.6 Å². The first-order valence-electron chi connectivity index (χ1n) is 6.07. The molecule has 1 aliphatic rings. The lowest BCUT2D eigenvalue weighted by Crippen LogP contribution is -2.25. The van der Waals surface area contributed by atoms with Crippen LogP contribution < -0.4 is 0 Å². The SMILES string of the molecule is Cc1nn(C2CCOCC2)c(C)c1C(=O)C(F)(F)F. The lowest BCUT2D eigenvalue weighted by molar-refractivity contribution is -0.0886. The molecule has 106 valence electrons. The van der Waals surface area contributed by atoms with Gasteiger partial charge in [-0.25, -0.2) is 0 Å². The summed E-state index contributed by atoms with van der Waals surface area (Å²) >= 11 is 0. The summed E-state index contributed by atoms with van der Waals surface area (Å²) in [5.74, 6) is -1.82. The second-order valence-electron chi connectivity index (χ2n) is 4.66. The van der Waals surface area contributed by atoms with Crippen molar-refractivity contribution in [2.45, 2.75) is 38.9 Å². The Bertz CT molecular complexity index is 488. The number of alkyl halides is 3. The van der Waals surface area contributed by atoms with Crippen molar-refractivity contribution in [3.8, 4) is 0 Å². The highest BCUT2D eigenvalue weighted by Crippen LogP contribution is 2.29. The van der Waals surface area contributed by atoms with Gasteiger partial charge in [-0.05, 0) is 26.7 Å². The van der Waals surface area contributed by atoms with Gasteiger partial charge in [-0.1, -0.05) is 0 Å². The van der Waals surface area contributed by atoms with Crippen molar-refractivity contribution >= 4 is 5.78 Å². The summed E-state index contributed by atoms with van der Waals surface area (Å²) in [6.45, 7) is 4.06. The summed E-state index contributed by atoms with van der Waals surface area (Å²) < 4.78 is 44.4. The fraction of sp³-hybridized carbons (Fsp3) is 0.667. The van der Waals surface area contributed by atoms with Crippen LogP contribution >= 0.6 is 0 Å². The zero-order chi connectivity index (χ0) is 14.2. The molecule has 0 bridgehead atoms. The second kappa shape index (κ2) is 4.96. The van der Waals surface area contributed by atoms with Gasteiger partial charge < -0.3 is 4.74 Å². The maximum Gasteiger partial charge on any atom is 0.455 e. The molecule has 1 fully saturated rings. The Kier molecular flexibility index (Phi) is 3.66. The zero-order valence-electron chi connectivity index (χ0n) is 10.8. The van der Waals surface area contributed by atoms with E-state index >= 15 is 0 Å². The number of carbonyl (C=O) groups is 1. The Labute approximate surface area is 108 Å². The molecule has 0 unspecified atom stereocenters. The fourth-order valence-electron chi connectivity index (χ4n) is 2.42. The predicted octanol–water partition coefficient (Wildman–Crippen LogP) is 2.60. The van der Waals surface area contributed by atoms with Gasteiger partial charge in [0.2, 0.25) is 0 Å². The van der Waals surface area contributed by atoms with E-state index in [2.05, 4.69) is 5.10 Å². The lowest BCUT2D eigenvalue weighted by Gasteiger charge is -2.23. The van der Waals surface area contributed by atoms with Crippen LogP contribution in [0.5, 0.6) is 0 Å². The number of hydrogen-bond donors (Lipinski definition) is 0. The zero-order valence-corrected chi connectivity index (χ0v) is 10.8. The monoisotopic (exact) mass is 276 g/mol. The van der Waals surface area contributed by atoms with Crippen molar-refractivity contribution < 1.29 is 22.7 Å². The van der Waals surface area contributed by atoms with E-state index in [1.54, 1.807) is 0 Å². The summed E-state index contributed by atoms with van der Waals surface area (Å²) in [6, 6.07) is 0.00207. The lowest BCUT2D eigenvalue weighted by atomic mass is 10.1. The van der Waals surface area contributed by atoms with E-state index in [1.165, 1.54) is 18.5 Å². The number of carbonyl (C=O) groups excluding carboxylic acids is 1. The van der Waals surface area contributed by atoms with E-state index in [0.717, 1.165) is 0 Å². The molecule has 0 radical (unpaired) electrons. The molecule has 0 atom stereocenters. The Hall–Kier alpha value is -1.37. The molecular formula is C12H15F3N2O2. The van der Waals surface area contributed by atoms with Crippen molar-refractivity contribution in [1.29, 1.82) is 0 Å². The quantitative estimate of drug-likeness (QED) is 0.780. The largest absolute Gasteiger partial charge is 0.455 e. The standard InChI is InChI=1S/C12H15F3N2O2/c1-7-10(11(18)12(13,14)15)8(2)17(16-7)9-3-5-19-6-4-9/h9H,3-6H2,1-2H3. The van der Waals surface area contributed by atoms with Crippen LogP contribution in [0.4, 0.5) is 13.2 Å². The first-order valence-corrected chi connectivity index (χ1v) is 6.07. The molecule has 0 spiro atoms. The topological polar surface area (TPSA) is 44.1 Å². The van der Waals surface area contributed by atoms with Crippen LogP contribution in [0.2, 0.25) is 0 Å². The molecule has 2 heterocycles. The number of nitrogens with zero attached hydrogens (tertiary/aromatic N) is 2. The van der Waals surface area contributed by atoms with E-state index in [1.807, 2.05) is 0 Å². The second-order valence-corrected chi connectivity index (χ2v) is 4.66. The highest BCUT2D eigenvalue weighted by molar-refractivity contribution is 6.02. The van der Waals surface area contributed by atoms with Crippen LogP contribution in [0.3, 0.4) is 0 Å². The fourth-order valence-corrected chi connectivity index (χ4v) is 2.42. The van der Waals surface area contributed by atoms with Crippen molar-refractivity contribution in [2.24, 2.45) is 0 Å². The Morgan fingerprint density at radius 3 is 2.42 bits per heavy atom. The highest BCUT2D eigenvalue weighted by Gasteiger charge is 2.42. The summed E-state index contributed by atoms with van der Waals surface area (Å²) in [7, 11) is 0. The molecule has 0 N–H and O–H groups in total. The maximum absolute atomic E-state index is 12.5. The van der Waals surface area contributed by atoms with Gasteiger partial charge in [0.1, 0.15) is 0 Å². The Morgan fingerprint density at radius 1 is 1.32 bits per heavy atom. The number of ketones is 1. The molecule has 1 aromatic rings. The molecule has 19 heavy (non-hydrogen) atoms. The van der Waals surface area contributed by atoms with Crippen molar-refractivity contribution in [2.75, 3.05) is 13.2 Å². The first-order chi connectivity index (χ1) is 8.82. The average Bonchev–Trinajstić information content (AvgIpc) is 2.64. The summed E-state index contributed by atoms with van der Waals surface area (Å²) in [5.41, 5.74) is 0.0945. The van der Waals surface area contributed by atoms with Gasteiger partial charge in [0, 0.05) is 18.9 Å². The van der Waals surface area contributed by atoms with Gasteiger partial charge in [0.15, 0.2) is 0 Å². The third-order valence-electron chi connectivity index (χ3n) is 3.35. The smallest absolute Gasteiger partial charge is 0.381 e. The average molecular weight is 276 g/mol. The van der Waals surface area contributed by atoms with E-state index in [0.29, 0.717) is 26.1 Å². The molecule has 2 rings (SSSR count). The van der Waals surface area contributed by atoms with Crippen LogP contribution in [0.25, 0.3) is 0 Å². The summed E-state index contributed by atoms with van der Waals surface area (Å²) in [4.78, 5) is 11.4. The minimum atomic E-state index is -4.86. The minimum Gasteiger partial charge on any atom is -0.381 e. The van der Waals surface area contributed by atoms with Crippen molar-refractivity contribution in [3.05, 3.63) is 17.0 Å². The van der Waals surface area contributed by atoms with Gasteiger partial charge in [0.05, 0.1) is 17.3 Å². The van der Waals surface area contributed by atoms with Crippen LogP contribution in [-0.4, -0.2) is 35.0 Å². The number of Topliss-reactive ketones (excluding diaryl/α,β-unsaturated/α-hetero) is 1. The van der Waals surface area contributed by atoms with E-state index < -0.39 is 12.0 Å². The van der Waals surface area contributed by atoms with E-state index in [-0.39, 0.29) is 23.0 Å². The van der Waals surface area contributed by atoms with Crippen molar-refractivity contribution in [1.82, 2.24) is 9.78 Å². The third-order valence-corrected chi connectivity index (χ3v) is 3.35. The van der Waals surface area contributed by atoms with Gasteiger partial charge in [-0.2, -0.15) is 18.3 Å². The third kappa shape index (κ3) is 2.65. The molecule has 0 saturated carbocycles. The molecular weight excluding hydrogens is 261 g/mol. The maximum atomic E-state index is 12.5. The number of rotatable bonds is 2. The van der Waals surface area contributed by atoms with E-state index in [4.69, 9.17) is 4.74 Å². The summed E-state index contributed by atoms with van der Waals surface area (Å²) in [6.07, 6.45) is -3.47. The number of aryl methyl sites for hydroxylation is 1. The molecule has 0 aromatic carbocycles. The van der Waals surface area contributed by atoms with Crippen LogP contribution in [0, 0.1) is 13.8 Å². The van der Waals surface area contributed by atoms with Crippen LogP contribution in [0.15, 0.2) is 0 Å². The normalized spacial score (nSPS) is 17.7. The molecule has 4 nitrogen and oxygen atoms in total. The number of ether oxygens (including phenoxy) is 1. The molecule has 0 aliphatic carbocycles. The number of halogens is 3. The van der Waals surface area contributed by atoms with Crippen molar-refractivity contribution in [3.63, 3.8) is 0 Å². The first kappa shape index (κ1) is 14.0. The molecule has 1 aliphatic heterocycles. The number of hydrogen-bond acceptors (Lipinski definition) is 3. The van der Waals surface area contributed by atoms with Gasteiger partial charge in [-0.15, -0.1) is 0 Å². The van der Waals surface area contributed by atoms with Gasteiger partial charge in [0.25, 0.3) is 5.78 Å². The highest BCUT2D eigenvalue weighted by atomic mass is 19.4. The summed E-state index contributed by atoms with van der Waals surface area (Å²) in [5, 5.41) is 4.11. The predicted molar refractivity (Wildman–Crippen MR) is 61.2 cm³/mol. The molecule has 7 heteroatoms. The number of aromatic nitrogens is 2. The molecule has 1 saturated heterocycles. The Morgan fingerprint density at radius 2 is 1.89 bits per heavy atom. The van der Waals surface area contributed by atoms with Gasteiger partial charge in [-0.3, -0.25) is 9.48 Å². The minimum absolute atomic E-state index is 0.00207.